The third kappa shape index (κ3) is 5.19. The Hall–Kier alpha value is -1.11. The minimum absolute atomic E-state index is 0.0397. The van der Waals surface area contributed by atoms with E-state index in [1.54, 1.807) is 12.1 Å². The number of likely N-dealkylation sites (tertiary alicyclic amines) is 1. The molecule has 7 heteroatoms. The van der Waals surface area contributed by atoms with Crippen LogP contribution in [0.1, 0.15) is 18.4 Å². The lowest BCUT2D eigenvalue weighted by atomic mass is 10.1. The summed E-state index contributed by atoms with van der Waals surface area (Å²) >= 11 is 11.7. The second-order valence-electron chi connectivity index (χ2n) is 6.25. The van der Waals surface area contributed by atoms with Crippen LogP contribution >= 0.6 is 23.2 Å². The Balaban J connectivity index is 1.53. The predicted octanol–water partition coefficient (Wildman–Crippen LogP) is 3.94. The number of hydrogen-bond donors (Lipinski definition) is 1. The molecule has 0 spiro atoms. The molecule has 3 rings (SSSR count). The molecule has 4 nitrogen and oxygen atoms in total. The Morgan fingerprint density at radius 3 is 2.00 bits per heavy atom. The molecule has 2 aromatic rings. The molecule has 0 radical (unpaired) electrons. The smallest absolute Gasteiger partial charge is 0.240 e. The van der Waals surface area contributed by atoms with Gasteiger partial charge in [0.2, 0.25) is 10.0 Å². The maximum atomic E-state index is 12.4. The van der Waals surface area contributed by atoms with E-state index in [-0.39, 0.29) is 10.9 Å². The Morgan fingerprint density at radius 1 is 0.920 bits per heavy atom. The maximum absolute atomic E-state index is 12.4. The normalized spacial score (nSPS) is 16.9. The van der Waals surface area contributed by atoms with Crippen LogP contribution in [0.5, 0.6) is 0 Å². The van der Waals surface area contributed by atoms with Gasteiger partial charge in [-0.2, -0.15) is 0 Å². The van der Waals surface area contributed by atoms with Gasteiger partial charge in [-0.15, -0.1) is 0 Å². The molecule has 1 N–H and O–H groups in total. The Morgan fingerprint density at radius 2 is 1.44 bits per heavy atom. The number of halogens is 2. The summed E-state index contributed by atoms with van der Waals surface area (Å²) in [7, 11) is -3.50. The van der Waals surface area contributed by atoms with Gasteiger partial charge in [0.1, 0.15) is 0 Å². The van der Waals surface area contributed by atoms with E-state index in [9.17, 15) is 8.42 Å². The predicted molar refractivity (Wildman–Crippen MR) is 102 cm³/mol. The van der Waals surface area contributed by atoms with Crippen molar-refractivity contribution in [3.63, 3.8) is 0 Å². The second-order valence-corrected chi connectivity index (χ2v) is 8.84. The van der Waals surface area contributed by atoms with E-state index in [4.69, 9.17) is 23.2 Å². The molecule has 2 aromatic carbocycles. The van der Waals surface area contributed by atoms with Crippen LogP contribution in [0, 0.1) is 0 Å². The van der Waals surface area contributed by atoms with Gasteiger partial charge in [-0.25, -0.2) is 13.1 Å². The Labute approximate surface area is 158 Å². The molecule has 0 aliphatic carbocycles. The first kappa shape index (κ1) is 18.7. The van der Waals surface area contributed by atoms with Crippen molar-refractivity contribution in [2.75, 3.05) is 13.1 Å². The van der Waals surface area contributed by atoms with Crippen LogP contribution in [0.4, 0.5) is 0 Å². The molecular weight excluding hydrogens is 379 g/mol. The molecule has 0 saturated carbocycles. The van der Waals surface area contributed by atoms with E-state index in [0.717, 1.165) is 37.5 Å². The first-order valence-electron chi connectivity index (χ1n) is 8.17. The van der Waals surface area contributed by atoms with E-state index in [1.165, 1.54) is 17.7 Å². The van der Waals surface area contributed by atoms with Crippen molar-refractivity contribution in [1.82, 2.24) is 9.62 Å². The molecule has 1 aliphatic rings. The quantitative estimate of drug-likeness (QED) is 0.829. The summed E-state index contributed by atoms with van der Waals surface area (Å²) in [6.45, 7) is 2.57. The third-order valence-electron chi connectivity index (χ3n) is 4.35. The van der Waals surface area contributed by atoms with Crippen molar-refractivity contribution in [3.8, 4) is 0 Å². The van der Waals surface area contributed by atoms with Gasteiger partial charge in [-0.3, -0.25) is 4.90 Å². The molecule has 1 aliphatic heterocycles. The van der Waals surface area contributed by atoms with Gasteiger partial charge < -0.3 is 0 Å². The summed E-state index contributed by atoms with van der Waals surface area (Å²) in [4.78, 5) is 2.58. The largest absolute Gasteiger partial charge is 0.299 e. The highest BCUT2D eigenvalue weighted by Crippen LogP contribution is 2.19. The number of nitrogens with one attached hydrogen (secondary N) is 1. The van der Waals surface area contributed by atoms with Gasteiger partial charge in [0, 0.05) is 35.7 Å². The lowest BCUT2D eigenvalue weighted by Gasteiger charge is -2.32. The highest BCUT2D eigenvalue weighted by molar-refractivity contribution is 7.89. The number of nitrogens with zero attached hydrogens (tertiary/aromatic N) is 1. The van der Waals surface area contributed by atoms with Crippen molar-refractivity contribution in [3.05, 3.63) is 64.1 Å². The number of sulfonamides is 1. The van der Waals surface area contributed by atoms with Crippen molar-refractivity contribution in [2.24, 2.45) is 0 Å². The molecular formula is C18H20Cl2N2O2S. The minimum Gasteiger partial charge on any atom is -0.299 e. The molecule has 0 bridgehead atoms. The Kier molecular flexibility index (Phi) is 6.02. The number of hydrogen-bond acceptors (Lipinski definition) is 3. The van der Waals surface area contributed by atoms with E-state index >= 15 is 0 Å². The van der Waals surface area contributed by atoms with Crippen molar-refractivity contribution in [2.45, 2.75) is 30.3 Å². The van der Waals surface area contributed by atoms with Crippen LogP contribution in [0.25, 0.3) is 0 Å². The molecule has 134 valence electrons. The van der Waals surface area contributed by atoms with Crippen molar-refractivity contribution < 1.29 is 8.42 Å². The zero-order valence-corrected chi connectivity index (χ0v) is 16.0. The summed E-state index contributed by atoms with van der Waals surface area (Å²) in [5.74, 6) is 0. The molecule has 1 fully saturated rings. The zero-order chi connectivity index (χ0) is 17.9. The summed E-state index contributed by atoms with van der Waals surface area (Å²) < 4.78 is 27.7. The fourth-order valence-corrected chi connectivity index (χ4v) is 4.52. The molecule has 1 saturated heterocycles. The number of rotatable bonds is 5. The summed E-state index contributed by atoms with van der Waals surface area (Å²) in [6.07, 6.45) is 1.58. The second kappa shape index (κ2) is 8.06. The summed E-state index contributed by atoms with van der Waals surface area (Å²) in [5, 5.41) is 1.26. The first-order chi connectivity index (χ1) is 11.9. The summed E-state index contributed by atoms with van der Waals surface area (Å²) in [6, 6.07) is 14.0. The molecule has 0 aromatic heterocycles. The highest BCUT2D eigenvalue weighted by atomic mass is 35.5. The van der Waals surface area contributed by atoms with Gasteiger partial charge >= 0.3 is 0 Å². The highest BCUT2D eigenvalue weighted by Gasteiger charge is 2.24. The van der Waals surface area contributed by atoms with Crippen molar-refractivity contribution >= 4 is 33.2 Å². The van der Waals surface area contributed by atoms with Gasteiger partial charge in [0.05, 0.1) is 4.90 Å². The van der Waals surface area contributed by atoms with E-state index in [1.807, 2.05) is 24.3 Å². The van der Waals surface area contributed by atoms with Crippen molar-refractivity contribution in [1.29, 1.82) is 0 Å². The molecule has 0 unspecified atom stereocenters. The minimum atomic E-state index is -3.50. The fraction of sp³-hybridized carbons (Fsp3) is 0.333. The average Bonchev–Trinajstić information content (AvgIpc) is 2.59. The van der Waals surface area contributed by atoms with Gasteiger partial charge in [-0.05, 0) is 54.8 Å². The van der Waals surface area contributed by atoms with Gasteiger partial charge in [0.25, 0.3) is 0 Å². The van der Waals surface area contributed by atoms with Crippen LogP contribution in [-0.4, -0.2) is 32.4 Å². The topological polar surface area (TPSA) is 49.4 Å². The monoisotopic (exact) mass is 398 g/mol. The van der Waals surface area contributed by atoms with Crippen LogP contribution < -0.4 is 4.72 Å². The van der Waals surface area contributed by atoms with Crippen LogP contribution in [-0.2, 0) is 16.6 Å². The van der Waals surface area contributed by atoms with Gasteiger partial charge in [-0.1, -0.05) is 35.3 Å². The zero-order valence-electron chi connectivity index (χ0n) is 13.7. The van der Waals surface area contributed by atoms with Gasteiger partial charge in [0.15, 0.2) is 0 Å². The van der Waals surface area contributed by atoms with Crippen LogP contribution in [0.2, 0.25) is 10.0 Å². The van der Waals surface area contributed by atoms with E-state index < -0.39 is 10.0 Å². The Bertz CT molecular complexity index is 800. The average molecular weight is 399 g/mol. The maximum Gasteiger partial charge on any atom is 0.240 e. The van der Waals surface area contributed by atoms with Crippen LogP contribution in [0.15, 0.2) is 53.4 Å². The third-order valence-corrected chi connectivity index (χ3v) is 6.39. The summed E-state index contributed by atoms with van der Waals surface area (Å²) in [5.41, 5.74) is 1.21. The number of piperidine rings is 1. The first-order valence-corrected chi connectivity index (χ1v) is 10.4. The van der Waals surface area contributed by atoms with E-state index in [0.29, 0.717) is 5.02 Å². The standard InChI is InChI=1S/C18H20Cl2N2O2S/c19-15-3-1-14(2-4-15)13-22-11-9-17(10-12-22)21-25(23,24)18-7-5-16(20)6-8-18/h1-8,17,21H,9-13H2. The SMILES string of the molecule is O=S(=O)(NC1CCN(Cc2ccc(Cl)cc2)CC1)c1ccc(Cl)cc1. The lowest BCUT2D eigenvalue weighted by Crippen LogP contribution is -2.44. The van der Waals surface area contributed by atoms with E-state index in [2.05, 4.69) is 9.62 Å². The molecule has 0 atom stereocenters. The molecule has 25 heavy (non-hydrogen) atoms. The number of benzene rings is 2. The fourth-order valence-electron chi connectivity index (χ4n) is 2.96. The molecule has 1 heterocycles. The lowest BCUT2D eigenvalue weighted by molar-refractivity contribution is 0.200. The van der Waals surface area contributed by atoms with Crippen LogP contribution in [0.3, 0.4) is 0 Å². The molecule has 0 amide bonds.